The van der Waals surface area contributed by atoms with Crippen LogP contribution in [-0.2, 0) is 16.0 Å². The Bertz CT molecular complexity index is 1190. The molecule has 1 atom stereocenters. The Labute approximate surface area is 224 Å². The SMILES string of the molecule is CCC(CC)CC[NH2+]CC(=O)c1ccc2c(c1)CC(=O)N2.O=C(O)C(Nc1ccccc1)c1ccccc1. The van der Waals surface area contributed by atoms with E-state index in [0.29, 0.717) is 18.5 Å². The number of amides is 1. The molecule has 0 aromatic heterocycles. The lowest BCUT2D eigenvalue weighted by molar-refractivity contribution is -0.643. The maximum atomic E-state index is 12.2. The number of Topliss-reactive ketones (excluding diaryl/α,β-unsaturated/α-hetero) is 1. The lowest BCUT2D eigenvalue weighted by atomic mass is 9.99. The average Bonchev–Trinajstić information content (AvgIpc) is 3.32. The molecule has 200 valence electrons. The van der Waals surface area contributed by atoms with Gasteiger partial charge < -0.3 is 21.1 Å². The normalized spacial score (nSPS) is 12.7. The van der Waals surface area contributed by atoms with E-state index in [1.165, 1.54) is 19.3 Å². The number of anilines is 2. The molecule has 1 aliphatic heterocycles. The summed E-state index contributed by atoms with van der Waals surface area (Å²) >= 11 is 0. The Hall–Kier alpha value is -3.97. The second-order valence-corrected chi connectivity index (χ2v) is 9.47. The molecule has 38 heavy (non-hydrogen) atoms. The molecular weight excluding hydrogens is 478 g/mol. The zero-order chi connectivity index (χ0) is 27.3. The zero-order valence-electron chi connectivity index (χ0n) is 22.2. The van der Waals surface area contributed by atoms with Gasteiger partial charge in [-0.2, -0.15) is 0 Å². The van der Waals surface area contributed by atoms with Gasteiger partial charge in [-0.05, 0) is 53.8 Å². The molecule has 0 saturated carbocycles. The highest BCUT2D eigenvalue weighted by molar-refractivity contribution is 6.02. The van der Waals surface area contributed by atoms with E-state index in [0.717, 1.165) is 35.0 Å². The summed E-state index contributed by atoms with van der Waals surface area (Å²) in [6, 6.07) is 23.2. The van der Waals surface area contributed by atoms with E-state index in [2.05, 4.69) is 29.8 Å². The Kier molecular flexibility index (Phi) is 11.1. The van der Waals surface area contributed by atoms with Crippen molar-refractivity contribution < 1.29 is 24.8 Å². The number of nitrogens with one attached hydrogen (secondary N) is 2. The number of quaternary nitrogens is 1. The van der Waals surface area contributed by atoms with Gasteiger partial charge in [-0.1, -0.05) is 75.2 Å². The number of aliphatic carboxylic acids is 1. The highest BCUT2D eigenvalue weighted by Crippen LogP contribution is 2.24. The van der Waals surface area contributed by atoms with Gasteiger partial charge in [0.1, 0.15) is 6.54 Å². The Morgan fingerprint density at radius 3 is 2.26 bits per heavy atom. The fourth-order valence-corrected chi connectivity index (χ4v) is 4.44. The predicted octanol–water partition coefficient (Wildman–Crippen LogP) is 4.68. The number of carbonyl (C=O) groups is 3. The summed E-state index contributed by atoms with van der Waals surface area (Å²) < 4.78 is 0. The summed E-state index contributed by atoms with van der Waals surface area (Å²) in [7, 11) is 0. The van der Waals surface area contributed by atoms with Crippen LogP contribution >= 0.6 is 0 Å². The lowest BCUT2D eigenvalue weighted by Gasteiger charge is -2.15. The predicted molar refractivity (Wildman–Crippen MR) is 150 cm³/mol. The van der Waals surface area contributed by atoms with E-state index in [1.807, 2.05) is 66.7 Å². The first kappa shape index (κ1) is 28.6. The van der Waals surface area contributed by atoms with Crippen LogP contribution in [0, 0.1) is 5.92 Å². The summed E-state index contributed by atoms with van der Waals surface area (Å²) in [6.45, 7) is 5.93. The highest BCUT2D eigenvalue weighted by Gasteiger charge is 2.20. The van der Waals surface area contributed by atoms with Crippen molar-refractivity contribution >= 4 is 29.0 Å². The zero-order valence-corrected chi connectivity index (χ0v) is 22.2. The number of rotatable bonds is 12. The second-order valence-electron chi connectivity index (χ2n) is 9.47. The van der Waals surface area contributed by atoms with Gasteiger partial charge in [-0.15, -0.1) is 0 Å². The van der Waals surface area contributed by atoms with Crippen LogP contribution < -0.4 is 16.0 Å². The van der Waals surface area contributed by atoms with Crippen LogP contribution in [0.4, 0.5) is 11.4 Å². The van der Waals surface area contributed by atoms with Crippen molar-refractivity contribution in [3.05, 3.63) is 95.6 Å². The molecule has 3 aromatic rings. The largest absolute Gasteiger partial charge is 0.479 e. The molecule has 0 spiro atoms. The fraction of sp³-hybridized carbons (Fsp3) is 0.323. The number of nitrogens with two attached hydrogens (primary N) is 1. The van der Waals surface area contributed by atoms with Gasteiger partial charge in [-0.3, -0.25) is 9.59 Å². The highest BCUT2D eigenvalue weighted by atomic mass is 16.4. The average molecular weight is 517 g/mol. The minimum absolute atomic E-state index is 0.00587. The molecule has 1 aliphatic rings. The fourth-order valence-electron chi connectivity index (χ4n) is 4.44. The van der Waals surface area contributed by atoms with Gasteiger partial charge in [-0.25, -0.2) is 4.79 Å². The van der Waals surface area contributed by atoms with Crippen molar-refractivity contribution in [1.29, 1.82) is 0 Å². The van der Waals surface area contributed by atoms with Crippen molar-refractivity contribution in [1.82, 2.24) is 0 Å². The van der Waals surface area contributed by atoms with Gasteiger partial charge in [0, 0.05) is 16.9 Å². The molecule has 1 heterocycles. The van der Waals surface area contributed by atoms with E-state index in [4.69, 9.17) is 0 Å². The van der Waals surface area contributed by atoms with Crippen LogP contribution in [0.2, 0.25) is 0 Å². The van der Waals surface area contributed by atoms with Gasteiger partial charge in [0.25, 0.3) is 0 Å². The minimum atomic E-state index is -0.889. The number of hydrogen-bond acceptors (Lipinski definition) is 4. The van der Waals surface area contributed by atoms with Crippen LogP contribution in [0.25, 0.3) is 0 Å². The summed E-state index contributed by atoms with van der Waals surface area (Å²) in [5, 5.41) is 17.1. The quantitative estimate of drug-likeness (QED) is 0.206. The van der Waals surface area contributed by atoms with Gasteiger partial charge in [0.2, 0.25) is 11.7 Å². The van der Waals surface area contributed by atoms with Crippen LogP contribution in [0.5, 0.6) is 0 Å². The molecule has 0 radical (unpaired) electrons. The van der Waals surface area contributed by atoms with Gasteiger partial charge in [0.05, 0.1) is 13.0 Å². The smallest absolute Gasteiger partial charge is 0.330 e. The number of hydrogen-bond donors (Lipinski definition) is 4. The van der Waals surface area contributed by atoms with E-state index in [9.17, 15) is 19.5 Å². The minimum Gasteiger partial charge on any atom is -0.479 e. The number of fused-ring (bicyclic) bond motifs is 1. The number of carbonyl (C=O) groups excluding carboxylic acids is 2. The first-order chi connectivity index (χ1) is 18.4. The molecule has 0 bridgehead atoms. The number of para-hydroxylation sites is 1. The van der Waals surface area contributed by atoms with E-state index >= 15 is 0 Å². The lowest BCUT2D eigenvalue weighted by Crippen LogP contribution is -2.86. The summed E-state index contributed by atoms with van der Waals surface area (Å²) in [6.07, 6.45) is 3.98. The third kappa shape index (κ3) is 8.56. The first-order valence-electron chi connectivity index (χ1n) is 13.3. The Morgan fingerprint density at radius 1 is 0.974 bits per heavy atom. The van der Waals surface area contributed by atoms with E-state index < -0.39 is 12.0 Å². The Morgan fingerprint density at radius 2 is 1.63 bits per heavy atom. The van der Waals surface area contributed by atoms with Crippen molar-refractivity contribution in [3.63, 3.8) is 0 Å². The van der Waals surface area contributed by atoms with E-state index in [-0.39, 0.29) is 11.7 Å². The molecule has 0 saturated heterocycles. The van der Waals surface area contributed by atoms with Crippen molar-refractivity contribution in [2.45, 2.75) is 45.6 Å². The summed E-state index contributed by atoms with van der Waals surface area (Å²) in [4.78, 5) is 34.7. The third-order valence-corrected chi connectivity index (χ3v) is 6.78. The molecule has 3 aromatic carbocycles. The van der Waals surface area contributed by atoms with Crippen LogP contribution in [-0.4, -0.2) is 35.9 Å². The Balaban J connectivity index is 0.000000215. The number of carboxylic acids is 1. The van der Waals surface area contributed by atoms with Crippen molar-refractivity contribution in [2.75, 3.05) is 23.7 Å². The maximum absolute atomic E-state index is 12.2. The van der Waals surface area contributed by atoms with Gasteiger partial charge in [0.15, 0.2) is 6.04 Å². The topological polar surface area (TPSA) is 112 Å². The van der Waals surface area contributed by atoms with Crippen LogP contribution in [0.15, 0.2) is 78.9 Å². The number of ketones is 1. The number of benzene rings is 3. The molecule has 0 aliphatic carbocycles. The molecule has 7 heteroatoms. The monoisotopic (exact) mass is 516 g/mol. The molecule has 4 rings (SSSR count). The maximum Gasteiger partial charge on any atom is 0.330 e. The third-order valence-electron chi connectivity index (χ3n) is 6.78. The first-order valence-corrected chi connectivity index (χ1v) is 13.3. The van der Waals surface area contributed by atoms with Crippen LogP contribution in [0.1, 0.15) is 60.6 Å². The van der Waals surface area contributed by atoms with Crippen LogP contribution in [0.3, 0.4) is 0 Å². The molecule has 1 amide bonds. The summed E-state index contributed by atoms with van der Waals surface area (Å²) in [5.74, 6) is 0.0292. The van der Waals surface area contributed by atoms with Crippen molar-refractivity contribution in [3.8, 4) is 0 Å². The summed E-state index contributed by atoms with van der Waals surface area (Å²) in [5.41, 5.74) is 4.02. The molecule has 0 fully saturated rings. The molecule has 5 N–H and O–H groups in total. The number of carboxylic acid groups (broad SMARTS) is 1. The standard InChI is InChI=1S/C17H24N2O2.C14H13NO2/c1-3-12(4-2)7-8-18-11-16(20)13-5-6-15-14(9-13)10-17(21)19-15;16-14(17)13(11-7-3-1-4-8-11)15-12-9-5-2-6-10-12/h5-6,9,12,18H,3-4,7-8,10-11H2,1-2H3,(H,19,21);1-10,13,15H,(H,16,17)/p+1. The molecule has 7 nitrogen and oxygen atoms in total. The molecular formula is C31H38N3O4+. The van der Waals surface area contributed by atoms with E-state index in [1.54, 1.807) is 12.1 Å². The van der Waals surface area contributed by atoms with Gasteiger partial charge >= 0.3 is 5.97 Å². The molecule has 1 unspecified atom stereocenters. The van der Waals surface area contributed by atoms with Crippen molar-refractivity contribution in [2.24, 2.45) is 5.92 Å². The second kappa shape index (κ2) is 14.7.